The van der Waals surface area contributed by atoms with Gasteiger partial charge in [-0.15, -0.1) is 0 Å². The van der Waals surface area contributed by atoms with Gasteiger partial charge in [-0.2, -0.15) is 8.42 Å². The molecule has 0 radical (unpaired) electrons. The first kappa shape index (κ1) is 26.5. The van der Waals surface area contributed by atoms with Crippen LogP contribution in [0.15, 0.2) is 12.7 Å². The van der Waals surface area contributed by atoms with Crippen LogP contribution in [0.1, 0.15) is 0 Å². The van der Waals surface area contributed by atoms with Crippen LogP contribution in [0.3, 0.4) is 0 Å². The lowest BCUT2D eigenvalue weighted by atomic mass is 10.7. The van der Waals surface area contributed by atoms with Crippen molar-refractivity contribution in [3.8, 4) is 0 Å². The molecule has 0 heterocycles. The normalized spacial score (nSPS) is 9.16. The van der Waals surface area contributed by atoms with Gasteiger partial charge in [0.15, 0.2) is 0 Å². The van der Waals surface area contributed by atoms with Crippen molar-refractivity contribution in [1.29, 1.82) is 0 Å². The van der Waals surface area contributed by atoms with Gasteiger partial charge in [-0.1, -0.05) is 6.58 Å². The molecule has 0 aromatic heterocycles. The third-order valence-electron chi connectivity index (χ3n) is 0.385. The minimum absolute atomic E-state index is 0.833. The van der Waals surface area contributed by atoms with Crippen LogP contribution >= 0.6 is 0 Å². The van der Waals surface area contributed by atoms with E-state index in [1.807, 2.05) is 52.1 Å². The highest BCUT2D eigenvalue weighted by atomic mass is 32.3. The van der Waals surface area contributed by atoms with Gasteiger partial charge in [0.05, 0.1) is 7.11 Å². The summed E-state index contributed by atoms with van der Waals surface area (Å²) in [6, 6.07) is 0. The molecule has 0 rings (SSSR count). The third-order valence-corrected chi connectivity index (χ3v) is 0.806. The summed E-state index contributed by atoms with van der Waals surface area (Å²) in [5.74, 6) is -0.981. The number of carbonyl (C=O) groups is 1. The monoisotopic (exact) mass is 302 g/mol. The Morgan fingerprint density at radius 1 is 1.11 bits per heavy atom. The first-order chi connectivity index (χ1) is 8.29. The molecule has 0 spiro atoms. The van der Waals surface area contributed by atoms with Crippen molar-refractivity contribution >= 4 is 16.4 Å². The fraction of sp³-hybridized carbons (Fsp3) is 0.700. The van der Waals surface area contributed by atoms with E-state index < -0.39 is 16.4 Å². The van der Waals surface area contributed by atoms with Gasteiger partial charge in [0.2, 0.25) is 0 Å². The first-order valence-electron chi connectivity index (χ1n) is 4.90. The predicted molar refractivity (Wildman–Crippen MR) is 75.6 cm³/mol. The standard InChI is InChI=1S/2C3H9N.C3H4O2.CH4O4S/c2*1-4(2)3;1-2-3(4)5;1-5-6(2,3)4/h2*1-3H3;2H,1H2,(H,4,5);1H3,(H,2,3,4). The Labute approximate surface area is 116 Å². The van der Waals surface area contributed by atoms with Gasteiger partial charge in [-0.3, -0.25) is 8.74 Å². The number of hydrogen-bond acceptors (Lipinski definition) is 6. The van der Waals surface area contributed by atoms with E-state index in [9.17, 15) is 13.2 Å². The lowest BCUT2D eigenvalue weighted by molar-refractivity contribution is -0.131. The second-order valence-electron chi connectivity index (χ2n) is 3.82. The smallest absolute Gasteiger partial charge is 0.397 e. The Morgan fingerprint density at radius 3 is 1.21 bits per heavy atom. The number of carboxylic acid groups (broad SMARTS) is 1. The molecule has 0 amide bonds. The fourth-order valence-corrected chi connectivity index (χ4v) is 0. The molecule has 2 N–H and O–H groups in total. The summed E-state index contributed by atoms with van der Waals surface area (Å²) in [5.41, 5.74) is 0. The van der Waals surface area contributed by atoms with Crippen molar-refractivity contribution in [3.05, 3.63) is 12.7 Å². The Hall–Kier alpha value is -1.00. The van der Waals surface area contributed by atoms with E-state index in [2.05, 4.69) is 10.8 Å². The van der Waals surface area contributed by atoms with Crippen molar-refractivity contribution in [2.75, 3.05) is 49.4 Å². The minimum atomic E-state index is -4.16. The number of aliphatic carboxylic acids is 1. The summed E-state index contributed by atoms with van der Waals surface area (Å²) in [5, 5.41) is 7.60. The largest absolute Gasteiger partial charge is 0.478 e. The van der Waals surface area contributed by atoms with Gasteiger partial charge in [-0.25, -0.2) is 4.79 Å². The molecule has 0 aliphatic rings. The summed E-state index contributed by atoms with van der Waals surface area (Å²) in [7, 11) is 8.71. The molecule has 8 nitrogen and oxygen atoms in total. The number of carboxylic acids is 1. The highest BCUT2D eigenvalue weighted by molar-refractivity contribution is 7.80. The fourth-order valence-electron chi connectivity index (χ4n) is 0. The van der Waals surface area contributed by atoms with Gasteiger partial charge < -0.3 is 14.9 Å². The molecule has 9 heteroatoms. The van der Waals surface area contributed by atoms with Crippen molar-refractivity contribution < 1.29 is 27.1 Å². The summed E-state index contributed by atoms with van der Waals surface area (Å²) in [6.45, 7) is 2.96. The van der Waals surface area contributed by atoms with Crippen LogP contribution < -0.4 is 0 Å². The zero-order valence-electron chi connectivity index (χ0n) is 12.6. The quantitative estimate of drug-likeness (QED) is 0.544. The van der Waals surface area contributed by atoms with Crippen LogP contribution in [0.4, 0.5) is 0 Å². The molecule has 0 atom stereocenters. The molecule has 0 aromatic rings. The minimum Gasteiger partial charge on any atom is -0.478 e. The summed E-state index contributed by atoms with van der Waals surface area (Å²) < 4.78 is 29.7. The van der Waals surface area contributed by atoms with Crippen LogP contribution in [-0.2, 0) is 19.4 Å². The zero-order valence-corrected chi connectivity index (χ0v) is 13.4. The van der Waals surface area contributed by atoms with E-state index in [0.717, 1.165) is 13.2 Å². The van der Waals surface area contributed by atoms with Gasteiger partial charge in [0.1, 0.15) is 0 Å². The van der Waals surface area contributed by atoms with E-state index in [1.165, 1.54) is 0 Å². The highest BCUT2D eigenvalue weighted by Crippen LogP contribution is 1.74. The summed E-state index contributed by atoms with van der Waals surface area (Å²) >= 11 is 0. The van der Waals surface area contributed by atoms with Crippen molar-refractivity contribution in [2.24, 2.45) is 0 Å². The van der Waals surface area contributed by atoms with E-state index in [4.69, 9.17) is 9.66 Å². The van der Waals surface area contributed by atoms with Crippen LogP contribution in [0, 0.1) is 0 Å². The summed E-state index contributed by atoms with van der Waals surface area (Å²) in [6.07, 6.45) is 0.833. The van der Waals surface area contributed by atoms with Gasteiger partial charge >= 0.3 is 16.4 Å². The maximum Gasteiger partial charge on any atom is 0.397 e. The van der Waals surface area contributed by atoms with Crippen LogP contribution in [0.5, 0.6) is 0 Å². The molecule has 0 saturated carbocycles. The van der Waals surface area contributed by atoms with Gasteiger partial charge in [0.25, 0.3) is 0 Å². The van der Waals surface area contributed by atoms with Crippen LogP contribution in [0.2, 0.25) is 0 Å². The Balaban J connectivity index is -0.0000000803. The van der Waals surface area contributed by atoms with E-state index in [-0.39, 0.29) is 0 Å². The third kappa shape index (κ3) is 239. The second kappa shape index (κ2) is 17.0. The van der Waals surface area contributed by atoms with Gasteiger partial charge in [0, 0.05) is 6.08 Å². The average Bonchev–Trinajstić information content (AvgIpc) is 2.15. The molecule has 0 fully saturated rings. The van der Waals surface area contributed by atoms with E-state index in [1.54, 1.807) is 0 Å². The second-order valence-corrected chi connectivity index (χ2v) is 5.01. The first-order valence-corrected chi connectivity index (χ1v) is 6.26. The summed E-state index contributed by atoms with van der Waals surface area (Å²) in [4.78, 5) is 13.2. The molecule has 0 bridgehead atoms. The maximum atomic E-state index is 9.33. The molecule has 118 valence electrons. The molecule has 0 aliphatic carbocycles. The molecule has 19 heavy (non-hydrogen) atoms. The average molecular weight is 302 g/mol. The molecular formula is C10H26N2O6S. The molecular weight excluding hydrogens is 276 g/mol. The van der Waals surface area contributed by atoms with Crippen molar-refractivity contribution in [1.82, 2.24) is 9.80 Å². The molecule has 0 aromatic carbocycles. The Bertz CT molecular complexity index is 290. The maximum absolute atomic E-state index is 9.33. The Morgan fingerprint density at radius 2 is 1.21 bits per heavy atom. The molecule has 0 aliphatic heterocycles. The van der Waals surface area contributed by atoms with Crippen molar-refractivity contribution in [3.63, 3.8) is 0 Å². The van der Waals surface area contributed by atoms with Crippen LogP contribution in [0.25, 0.3) is 0 Å². The van der Waals surface area contributed by atoms with E-state index in [0.29, 0.717) is 0 Å². The Kier molecular flexibility index (Phi) is 23.7. The van der Waals surface area contributed by atoms with Crippen molar-refractivity contribution in [2.45, 2.75) is 0 Å². The topological polar surface area (TPSA) is 107 Å². The predicted octanol–water partition coefficient (Wildman–Crippen LogP) is 0.0482. The molecule has 0 unspecified atom stereocenters. The lowest BCUT2D eigenvalue weighted by Gasteiger charge is -1.90. The number of hydrogen-bond donors (Lipinski definition) is 2. The zero-order chi connectivity index (χ0) is 16.6. The van der Waals surface area contributed by atoms with Crippen LogP contribution in [-0.4, -0.2) is 83.2 Å². The van der Waals surface area contributed by atoms with Gasteiger partial charge in [-0.05, 0) is 42.3 Å². The number of nitrogens with zero attached hydrogens (tertiary/aromatic N) is 2. The van der Waals surface area contributed by atoms with E-state index >= 15 is 0 Å². The number of rotatable bonds is 2. The molecule has 0 saturated heterocycles. The SMILES string of the molecule is C=CC(=O)O.CN(C)C.CN(C)C.COS(=O)(=O)O. The highest BCUT2D eigenvalue weighted by Gasteiger charge is 1.94. The lowest BCUT2D eigenvalue weighted by Crippen LogP contribution is -1.99.